The largest absolute Gasteiger partial charge is 0.515 e. The lowest BCUT2D eigenvalue weighted by molar-refractivity contribution is -0.115. The summed E-state index contributed by atoms with van der Waals surface area (Å²) in [6.45, 7) is 2.41. The average molecular weight is 341 g/mol. The van der Waals surface area contributed by atoms with Crippen molar-refractivity contribution >= 4 is 11.5 Å². The third-order valence-electron chi connectivity index (χ3n) is 3.88. The first-order valence-electron chi connectivity index (χ1n) is 7.99. The molecule has 0 aromatic heterocycles. The van der Waals surface area contributed by atoms with Crippen LogP contribution in [-0.2, 0) is 11.2 Å². The Labute approximate surface area is 147 Å². The number of aliphatic hydroxyl groups excluding tert-OH is 1. The maximum absolute atomic E-state index is 12.3. The summed E-state index contributed by atoms with van der Waals surface area (Å²) >= 11 is 0. The maximum atomic E-state index is 12.3. The number of nitrogens with one attached hydrogen (secondary N) is 1. The van der Waals surface area contributed by atoms with Crippen LogP contribution in [0.5, 0.6) is 11.5 Å². The zero-order valence-electron chi connectivity index (χ0n) is 14.7. The molecule has 0 heterocycles. The molecule has 1 amide bonds. The van der Waals surface area contributed by atoms with Crippen LogP contribution in [0.4, 0.5) is 0 Å². The van der Waals surface area contributed by atoms with Crippen molar-refractivity contribution < 1.29 is 19.4 Å². The normalized spacial score (nSPS) is 11.1. The van der Waals surface area contributed by atoms with Gasteiger partial charge in [-0.2, -0.15) is 0 Å². The van der Waals surface area contributed by atoms with Gasteiger partial charge in [0.2, 0.25) is 0 Å². The van der Waals surface area contributed by atoms with Gasteiger partial charge in [-0.1, -0.05) is 35.9 Å². The molecule has 0 aliphatic carbocycles. The first-order chi connectivity index (χ1) is 12.1. The van der Waals surface area contributed by atoms with Crippen molar-refractivity contribution in [2.45, 2.75) is 13.3 Å². The van der Waals surface area contributed by atoms with Crippen molar-refractivity contribution in [3.63, 3.8) is 0 Å². The number of hydrogen-bond acceptors (Lipinski definition) is 4. The zero-order chi connectivity index (χ0) is 18.2. The Morgan fingerprint density at radius 1 is 1.08 bits per heavy atom. The summed E-state index contributed by atoms with van der Waals surface area (Å²) < 4.78 is 10.5. The van der Waals surface area contributed by atoms with Crippen molar-refractivity contribution in [2.75, 3.05) is 20.8 Å². The van der Waals surface area contributed by atoms with Gasteiger partial charge in [-0.15, -0.1) is 0 Å². The molecule has 0 saturated carbocycles. The number of methoxy groups -OCH3 is 2. The molecule has 0 atom stereocenters. The van der Waals surface area contributed by atoms with Gasteiger partial charge in [-0.05, 0) is 36.6 Å². The first kappa shape index (κ1) is 18.4. The molecule has 2 aromatic carbocycles. The number of amides is 1. The molecule has 0 aliphatic rings. The second kappa shape index (κ2) is 8.78. The van der Waals surface area contributed by atoms with E-state index < -0.39 is 0 Å². The van der Waals surface area contributed by atoms with Gasteiger partial charge in [-0.25, -0.2) is 0 Å². The fraction of sp³-hybridized carbons (Fsp3) is 0.250. The van der Waals surface area contributed by atoms with Crippen molar-refractivity contribution in [2.24, 2.45) is 0 Å². The SMILES string of the molecule is COc1ccc(CCNC(=O)C(=CO)c2ccc(C)cc2)cc1OC. The lowest BCUT2D eigenvalue weighted by atomic mass is 10.0. The van der Waals surface area contributed by atoms with Crippen molar-refractivity contribution in [1.82, 2.24) is 5.32 Å². The summed E-state index contributed by atoms with van der Waals surface area (Å²) in [5.41, 5.74) is 3.03. The maximum Gasteiger partial charge on any atom is 0.255 e. The highest BCUT2D eigenvalue weighted by atomic mass is 16.5. The number of aliphatic hydroxyl groups is 1. The fourth-order valence-electron chi connectivity index (χ4n) is 2.45. The minimum atomic E-state index is -0.313. The second-order valence-corrected chi connectivity index (χ2v) is 5.60. The highest BCUT2D eigenvalue weighted by Gasteiger charge is 2.12. The van der Waals surface area contributed by atoms with Gasteiger partial charge in [0.15, 0.2) is 11.5 Å². The van der Waals surface area contributed by atoms with Crippen molar-refractivity contribution in [3.8, 4) is 11.5 Å². The van der Waals surface area contributed by atoms with E-state index in [1.165, 1.54) is 0 Å². The highest BCUT2D eigenvalue weighted by molar-refractivity contribution is 6.19. The number of rotatable bonds is 7. The van der Waals surface area contributed by atoms with Crippen LogP contribution in [0.15, 0.2) is 48.7 Å². The average Bonchev–Trinajstić information content (AvgIpc) is 2.63. The third-order valence-corrected chi connectivity index (χ3v) is 3.88. The van der Waals surface area contributed by atoms with Gasteiger partial charge in [0.25, 0.3) is 5.91 Å². The molecular formula is C20H23NO4. The van der Waals surface area contributed by atoms with Crippen LogP contribution in [0.1, 0.15) is 16.7 Å². The predicted octanol–water partition coefficient (Wildman–Crippen LogP) is 3.27. The van der Waals surface area contributed by atoms with Crippen LogP contribution in [0.2, 0.25) is 0 Å². The summed E-state index contributed by atoms with van der Waals surface area (Å²) in [4.78, 5) is 12.3. The Morgan fingerprint density at radius 3 is 2.36 bits per heavy atom. The lowest BCUT2D eigenvalue weighted by Crippen LogP contribution is -2.26. The summed E-state index contributed by atoms with van der Waals surface area (Å²) in [6, 6.07) is 13.1. The van der Waals surface area contributed by atoms with Gasteiger partial charge >= 0.3 is 0 Å². The molecule has 5 heteroatoms. The molecule has 2 rings (SSSR count). The van der Waals surface area contributed by atoms with E-state index in [4.69, 9.17) is 9.47 Å². The Bertz CT molecular complexity index is 751. The molecule has 132 valence electrons. The Hall–Kier alpha value is -2.95. The van der Waals surface area contributed by atoms with Gasteiger partial charge in [-0.3, -0.25) is 4.79 Å². The molecule has 2 N–H and O–H groups in total. The van der Waals surface area contributed by atoms with E-state index in [1.54, 1.807) is 14.2 Å². The van der Waals surface area contributed by atoms with E-state index in [0.29, 0.717) is 30.0 Å². The molecule has 5 nitrogen and oxygen atoms in total. The van der Waals surface area contributed by atoms with E-state index >= 15 is 0 Å². The summed E-state index contributed by atoms with van der Waals surface area (Å²) in [7, 11) is 3.18. The molecule has 0 fully saturated rings. The molecule has 2 aromatic rings. The molecule has 25 heavy (non-hydrogen) atoms. The van der Waals surface area contributed by atoms with Crippen LogP contribution in [0.25, 0.3) is 5.57 Å². The predicted molar refractivity (Wildman–Crippen MR) is 98.0 cm³/mol. The molecule has 0 saturated heterocycles. The summed E-state index contributed by atoms with van der Waals surface area (Å²) in [5.74, 6) is 1.01. The highest BCUT2D eigenvalue weighted by Crippen LogP contribution is 2.27. The van der Waals surface area contributed by atoms with Crippen molar-refractivity contribution in [3.05, 3.63) is 65.4 Å². The Balaban J connectivity index is 1.96. The van der Waals surface area contributed by atoms with Gasteiger partial charge in [0, 0.05) is 6.54 Å². The molecule has 0 aliphatic heterocycles. The molecule has 0 unspecified atom stereocenters. The lowest BCUT2D eigenvalue weighted by Gasteiger charge is -2.11. The van der Waals surface area contributed by atoms with Crippen LogP contribution >= 0.6 is 0 Å². The number of carbonyl (C=O) groups excluding carboxylic acids is 1. The van der Waals surface area contributed by atoms with E-state index in [-0.39, 0.29) is 11.5 Å². The van der Waals surface area contributed by atoms with E-state index in [1.807, 2.05) is 49.4 Å². The topological polar surface area (TPSA) is 67.8 Å². The van der Waals surface area contributed by atoms with Gasteiger partial charge < -0.3 is 19.9 Å². The van der Waals surface area contributed by atoms with Crippen LogP contribution in [0, 0.1) is 6.92 Å². The minimum absolute atomic E-state index is 0.243. The molecule has 0 spiro atoms. The second-order valence-electron chi connectivity index (χ2n) is 5.60. The van der Waals surface area contributed by atoms with E-state index in [0.717, 1.165) is 17.4 Å². The Kier molecular flexibility index (Phi) is 6.46. The monoisotopic (exact) mass is 341 g/mol. The van der Waals surface area contributed by atoms with Crippen molar-refractivity contribution in [1.29, 1.82) is 0 Å². The quantitative estimate of drug-likeness (QED) is 0.599. The fourth-order valence-corrected chi connectivity index (χ4v) is 2.45. The van der Waals surface area contributed by atoms with Gasteiger partial charge in [0.1, 0.15) is 0 Å². The number of hydrogen-bond donors (Lipinski definition) is 2. The van der Waals surface area contributed by atoms with Crippen LogP contribution in [0.3, 0.4) is 0 Å². The smallest absolute Gasteiger partial charge is 0.255 e. The van der Waals surface area contributed by atoms with Crippen LogP contribution < -0.4 is 14.8 Å². The van der Waals surface area contributed by atoms with E-state index in [9.17, 15) is 9.90 Å². The third kappa shape index (κ3) is 4.76. The number of carbonyl (C=O) groups is 1. The summed E-state index contributed by atoms with van der Waals surface area (Å²) in [5, 5.41) is 12.2. The van der Waals surface area contributed by atoms with Crippen LogP contribution in [-0.4, -0.2) is 31.8 Å². The zero-order valence-corrected chi connectivity index (χ0v) is 14.7. The molecule has 0 bridgehead atoms. The molecule has 0 radical (unpaired) electrons. The number of ether oxygens (including phenoxy) is 2. The standard InChI is InChI=1S/C20H23NO4/c1-14-4-7-16(8-5-14)17(13-22)20(23)21-11-10-15-6-9-18(24-2)19(12-15)25-3/h4-9,12-13,22H,10-11H2,1-3H3,(H,21,23). The van der Waals surface area contributed by atoms with Gasteiger partial charge in [0.05, 0.1) is 26.1 Å². The summed E-state index contributed by atoms with van der Waals surface area (Å²) in [6.07, 6.45) is 1.48. The first-order valence-corrected chi connectivity index (χ1v) is 7.99. The number of aryl methyl sites for hydroxylation is 1. The number of benzene rings is 2. The molecular weight excluding hydrogens is 318 g/mol. The minimum Gasteiger partial charge on any atom is -0.515 e. The van der Waals surface area contributed by atoms with E-state index in [2.05, 4.69) is 5.32 Å². The Morgan fingerprint density at radius 2 is 1.76 bits per heavy atom.